The number of benzene rings is 4. The fourth-order valence-electron chi connectivity index (χ4n) is 6.21. The topological polar surface area (TPSA) is 108 Å². The van der Waals surface area contributed by atoms with Crippen LogP contribution in [0.4, 0.5) is 11.4 Å². The number of alkyl halides is 1. The molecular weight excluding hydrogens is 635 g/mol. The maximum Gasteiger partial charge on any atom is 0.343 e. The molecule has 6 rings (SSSR count). The molecule has 4 aromatic carbocycles. The summed E-state index contributed by atoms with van der Waals surface area (Å²) in [5, 5.41) is 15.5. The minimum atomic E-state index is -0.624. The molecule has 4 aromatic rings. The number of hydrogen-bond donors (Lipinski definition) is 1. The van der Waals surface area contributed by atoms with E-state index >= 15 is 0 Å². The van der Waals surface area contributed by atoms with E-state index in [0.717, 1.165) is 16.8 Å². The first-order valence-corrected chi connectivity index (χ1v) is 16.1. The zero-order valence-corrected chi connectivity index (χ0v) is 26.4. The van der Waals surface area contributed by atoms with Gasteiger partial charge in [-0.25, -0.2) is 9.59 Å². The summed E-state index contributed by atoms with van der Waals surface area (Å²) in [4.78, 5) is 37.8. The van der Waals surface area contributed by atoms with E-state index in [1.165, 1.54) is 17.8 Å². The van der Waals surface area contributed by atoms with E-state index in [2.05, 4.69) is 5.32 Å². The number of nitrogens with zero attached hydrogens (tertiary/aromatic N) is 1. The molecule has 230 valence electrons. The number of ether oxygens (including phenoxy) is 2. The summed E-state index contributed by atoms with van der Waals surface area (Å²) in [7, 11) is 0. The third-order valence-corrected chi connectivity index (χ3v) is 10.6. The van der Waals surface area contributed by atoms with Crippen LogP contribution in [0.25, 0.3) is 0 Å². The molecule has 0 bridgehead atoms. The molecule has 0 aromatic heterocycles. The van der Waals surface area contributed by atoms with Crippen molar-refractivity contribution in [2.75, 3.05) is 11.9 Å². The molecule has 0 spiro atoms. The Kier molecular flexibility index (Phi) is 9.03. The van der Waals surface area contributed by atoms with Gasteiger partial charge < -0.3 is 14.8 Å². The summed E-state index contributed by atoms with van der Waals surface area (Å²) in [5.74, 6) is -1.26. The SMILES string of the molecule is CCOC(=O)c1ccccc1OC(=O)c1ccc2c(c1)[C@@H]1[C@@H](Cl)[C@@H](Sc3ccccc3[N+](=O)[O-])C[C@@H]1[C@H](c1ccc(Cl)cc1)N2. The van der Waals surface area contributed by atoms with Gasteiger partial charge in [0.1, 0.15) is 11.3 Å². The number of hydrogen-bond acceptors (Lipinski definition) is 8. The number of rotatable bonds is 8. The summed E-state index contributed by atoms with van der Waals surface area (Å²) in [6.45, 7) is 1.89. The lowest BCUT2D eigenvalue weighted by atomic mass is 9.77. The lowest BCUT2D eigenvalue weighted by Crippen LogP contribution is -2.31. The summed E-state index contributed by atoms with van der Waals surface area (Å²) in [6, 6.07) is 26.0. The predicted octanol–water partition coefficient (Wildman–Crippen LogP) is 8.68. The number of nitrogens with one attached hydrogen (secondary N) is 1. The van der Waals surface area contributed by atoms with Crippen LogP contribution < -0.4 is 10.1 Å². The Morgan fingerprint density at radius 3 is 2.49 bits per heavy atom. The Hall–Kier alpha value is -4.05. The highest BCUT2D eigenvalue weighted by Crippen LogP contribution is 2.58. The van der Waals surface area contributed by atoms with Crippen LogP contribution in [0.15, 0.2) is 95.9 Å². The number of nitro benzene ring substituents is 1. The van der Waals surface area contributed by atoms with Gasteiger partial charge in [0.25, 0.3) is 5.69 Å². The molecule has 8 nitrogen and oxygen atoms in total. The first-order chi connectivity index (χ1) is 21.7. The minimum absolute atomic E-state index is 0.0113. The van der Waals surface area contributed by atoms with E-state index in [-0.39, 0.29) is 51.7 Å². The van der Waals surface area contributed by atoms with Crippen LogP contribution in [0, 0.1) is 16.0 Å². The highest BCUT2D eigenvalue weighted by Gasteiger charge is 2.50. The van der Waals surface area contributed by atoms with Gasteiger partial charge in [0.15, 0.2) is 0 Å². The van der Waals surface area contributed by atoms with Crippen LogP contribution in [0.2, 0.25) is 5.02 Å². The molecular formula is C34H28Cl2N2O6S. The number of anilines is 1. The van der Waals surface area contributed by atoms with Crippen LogP contribution in [0.1, 0.15) is 57.1 Å². The van der Waals surface area contributed by atoms with E-state index < -0.39 is 17.3 Å². The van der Waals surface area contributed by atoms with Gasteiger partial charge >= 0.3 is 11.9 Å². The summed E-state index contributed by atoms with van der Waals surface area (Å²) in [5.41, 5.74) is 3.24. The van der Waals surface area contributed by atoms with Gasteiger partial charge in [-0.2, -0.15) is 0 Å². The van der Waals surface area contributed by atoms with Crippen molar-refractivity contribution in [2.24, 2.45) is 5.92 Å². The van der Waals surface area contributed by atoms with E-state index in [1.54, 1.807) is 61.5 Å². The number of nitro groups is 1. The third kappa shape index (κ3) is 6.25. The summed E-state index contributed by atoms with van der Waals surface area (Å²) in [6.07, 6.45) is 0.677. The quantitative estimate of drug-likeness (QED) is 0.0656. The van der Waals surface area contributed by atoms with Crippen molar-refractivity contribution < 1.29 is 24.0 Å². The van der Waals surface area contributed by atoms with Gasteiger partial charge in [-0.05, 0) is 78.9 Å². The standard InChI is InChI=1S/C34H28Cl2N2O6S/c1-2-43-34(40)22-7-3-5-9-27(22)44-33(39)20-13-16-25-23(17-20)30-24(32(37-25)19-11-14-21(35)15-12-19)18-29(31(30)36)45-28-10-6-4-8-26(28)38(41)42/h3-17,24,29-32,37H,2,18H2,1H3/t24-,29-,30-,31-,32-/m0/s1. The first-order valence-electron chi connectivity index (χ1n) is 14.4. The Labute approximate surface area is 274 Å². The van der Waals surface area contributed by atoms with Crippen molar-refractivity contribution in [3.63, 3.8) is 0 Å². The van der Waals surface area contributed by atoms with Crippen molar-refractivity contribution in [2.45, 2.75) is 40.8 Å². The first kappa shape index (κ1) is 31.0. The molecule has 0 radical (unpaired) electrons. The second-order valence-electron chi connectivity index (χ2n) is 10.8. The zero-order valence-electron chi connectivity index (χ0n) is 24.0. The summed E-state index contributed by atoms with van der Waals surface area (Å²) >= 11 is 14.9. The molecule has 1 fully saturated rings. The monoisotopic (exact) mass is 662 g/mol. The molecule has 0 amide bonds. The van der Waals surface area contributed by atoms with Crippen molar-refractivity contribution in [1.29, 1.82) is 0 Å². The maximum atomic E-state index is 13.4. The number of thioether (sulfide) groups is 1. The van der Waals surface area contributed by atoms with Crippen LogP contribution in [0.5, 0.6) is 5.75 Å². The smallest absolute Gasteiger partial charge is 0.343 e. The van der Waals surface area contributed by atoms with Crippen molar-refractivity contribution in [3.05, 3.63) is 128 Å². The Balaban J connectivity index is 1.34. The zero-order chi connectivity index (χ0) is 31.7. The maximum absolute atomic E-state index is 13.4. The molecule has 11 heteroatoms. The van der Waals surface area contributed by atoms with Crippen LogP contribution in [-0.2, 0) is 4.74 Å². The molecule has 1 aliphatic carbocycles. The number of carbonyl (C=O) groups excluding carboxylic acids is 2. The highest BCUT2D eigenvalue weighted by molar-refractivity contribution is 8.00. The van der Waals surface area contributed by atoms with Crippen molar-refractivity contribution in [3.8, 4) is 5.75 Å². The number of carbonyl (C=O) groups is 2. The van der Waals surface area contributed by atoms with Gasteiger partial charge in [-0.3, -0.25) is 10.1 Å². The van der Waals surface area contributed by atoms with Gasteiger partial charge in [0.05, 0.1) is 33.4 Å². The number of fused-ring (bicyclic) bond motifs is 3. The number of esters is 2. The van der Waals surface area contributed by atoms with Crippen LogP contribution in [0.3, 0.4) is 0 Å². The highest BCUT2D eigenvalue weighted by atomic mass is 35.5. The number of para-hydroxylation sites is 2. The predicted molar refractivity (Wildman–Crippen MR) is 175 cm³/mol. The van der Waals surface area contributed by atoms with Crippen molar-refractivity contribution >= 4 is 58.3 Å². The average Bonchev–Trinajstić information content (AvgIpc) is 3.37. The molecule has 45 heavy (non-hydrogen) atoms. The van der Waals surface area contributed by atoms with Gasteiger partial charge in [-0.15, -0.1) is 23.4 Å². The molecule has 5 atom stereocenters. The molecule has 2 aliphatic rings. The lowest BCUT2D eigenvalue weighted by molar-refractivity contribution is -0.387. The van der Waals surface area contributed by atoms with Crippen LogP contribution in [-0.4, -0.2) is 34.1 Å². The van der Waals surface area contributed by atoms with Crippen LogP contribution >= 0.6 is 35.0 Å². The largest absolute Gasteiger partial charge is 0.462 e. The fourth-order valence-corrected chi connectivity index (χ4v) is 8.28. The second kappa shape index (κ2) is 13.1. The number of halogens is 2. The Morgan fingerprint density at radius 1 is 1.00 bits per heavy atom. The molecule has 1 N–H and O–H groups in total. The van der Waals surface area contributed by atoms with Gasteiger partial charge in [-0.1, -0.05) is 48.0 Å². The van der Waals surface area contributed by atoms with E-state index in [4.69, 9.17) is 32.7 Å². The van der Waals surface area contributed by atoms with E-state index in [1.807, 2.05) is 30.3 Å². The second-order valence-corrected chi connectivity index (χ2v) is 13.1. The average molecular weight is 664 g/mol. The summed E-state index contributed by atoms with van der Waals surface area (Å²) < 4.78 is 10.8. The molecule has 1 aliphatic heterocycles. The van der Waals surface area contributed by atoms with Crippen molar-refractivity contribution in [1.82, 2.24) is 0 Å². The van der Waals surface area contributed by atoms with Gasteiger partial charge in [0.2, 0.25) is 0 Å². The lowest BCUT2D eigenvalue weighted by Gasteiger charge is -2.38. The Morgan fingerprint density at radius 2 is 1.73 bits per heavy atom. The minimum Gasteiger partial charge on any atom is -0.462 e. The molecule has 0 saturated heterocycles. The Bertz CT molecular complexity index is 1770. The normalized spacial score (nSPS) is 21.6. The van der Waals surface area contributed by atoms with E-state index in [9.17, 15) is 19.7 Å². The van der Waals surface area contributed by atoms with E-state index in [0.29, 0.717) is 21.9 Å². The third-order valence-electron chi connectivity index (χ3n) is 8.20. The molecule has 1 heterocycles. The van der Waals surface area contributed by atoms with Gasteiger partial charge in [0, 0.05) is 27.9 Å². The molecule has 0 unspecified atom stereocenters. The molecule has 1 saturated carbocycles. The fraction of sp³-hybridized carbons (Fsp3) is 0.235.